The van der Waals surface area contributed by atoms with Gasteiger partial charge in [0.15, 0.2) is 0 Å². The van der Waals surface area contributed by atoms with Gasteiger partial charge in [-0.1, -0.05) is 6.07 Å². The van der Waals surface area contributed by atoms with Crippen molar-refractivity contribution < 1.29 is 4.79 Å². The Balaban J connectivity index is 1.45. The van der Waals surface area contributed by atoms with Crippen molar-refractivity contribution in [1.82, 2.24) is 35.5 Å². The van der Waals surface area contributed by atoms with E-state index < -0.39 is 0 Å². The van der Waals surface area contributed by atoms with Crippen LogP contribution in [0.4, 0.5) is 5.82 Å². The van der Waals surface area contributed by atoms with Crippen LogP contribution in [0, 0.1) is 6.92 Å². The second kappa shape index (κ2) is 8.12. The molecule has 0 unspecified atom stereocenters. The number of hydrogen-bond acceptors (Lipinski definition) is 7. The molecule has 1 aliphatic heterocycles. The molecule has 1 fully saturated rings. The van der Waals surface area contributed by atoms with Crippen LogP contribution in [0.2, 0.25) is 0 Å². The third kappa shape index (κ3) is 4.13. The molecule has 9 heteroatoms. The van der Waals surface area contributed by atoms with Gasteiger partial charge in [-0.2, -0.15) is 0 Å². The van der Waals surface area contributed by atoms with E-state index in [2.05, 4.69) is 35.7 Å². The topological polar surface area (TPSA) is 102 Å². The maximum Gasteiger partial charge on any atom is 0.251 e. The highest BCUT2D eigenvalue weighted by molar-refractivity contribution is 5.94. The summed E-state index contributed by atoms with van der Waals surface area (Å²) in [5.74, 6) is 1.36. The largest absolute Gasteiger partial charge is 0.357 e. The summed E-state index contributed by atoms with van der Waals surface area (Å²) in [6, 6.07) is 9.12. The molecule has 1 aliphatic rings. The van der Waals surface area contributed by atoms with Crippen molar-refractivity contribution in [2.75, 3.05) is 18.0 Å². The lowest BCUT2D eigenvalue weighted by Crippen LogP contribution is -2.31. The molecule has 1 aromatic carbocycles. The molecule has 1 saturated heterocycles. The lowest BCUT2D eigenvalue weighted by Gasteiger charge is -2.28. The SMILES string of the molecule is Cc1cc(N2CCCCC2)nc(CNC(=O)c2cccc(-n3cnnn3)c2)n1. The first-order valence-corrected chi connectivity index (χ1v) is 9.40. The minimum atomic E-state index is -0.195. The summed E-state index contributed by atoms with van der Waals surface area (Å²) in [5, 5.41) is 14.0. The lowest BCUT2D eigenvalue weighted by molar-refractivity contribution is 0.0950. The summed E-state index contributed by atoms with van der Waals surface area (Å²) >= 11 is 0. The highest BCUT2D eigenvalue weighted by Gasteiger charge is 2.14. The molecule has 28 heavy (non-hydrogen) atoms. The number of amides is 1. The highest BCUT2D eigenvalue weighted by Crippen LogP contribution is 2.18. The number of tetrazole rings is 1. The molecule has 9 nitrogen and oxygen atoms in total. The fraction of sp³-hybridized carbons (Fsp3) is 0.368. The number of rotatable bonds is 5. The van der Waals surface area contributed by atoms with Gasteiger partial charge in [0.25, 0.3) is 5.91 Å². The minimum Gasteiger partial charge on any atom is -0.357 e. The van der Waals surface area contributed by atoms with Crippen molar-refractivity contribution in [3.05, 3.63) is 53.7 Å². The van der Waals surface area contributed by atoms with Crippen LogP contribution in [0.25, 0.3) is 5.69 Å². The van der Waals surface area contributed by atoms with Gasteiger partial charge in [0.05, 0.1) is 12.2 Å². The van der Waals surface area contributed by atoms with E-state index in [0.29, 0.717) is 11.4 Å². The quantitative estimate of drug-likeness (QED) is 0.721. The molecular formula is C19H22N8O. The van der Waals surface area contributed by atoms with Gasteiger partial charge < -0.3 is 10.2 Å². The first kappa shape index (κ1) is 18.0. The van der Waals surface area contributed by atoms with E-state index in [-0.39, 0.29) is 12.5 Å². The van der Waals surface area contributed by atoms with Crippen molar-refractivity contribution in [2.24, 2.45) is 0 Å². The molecule has 3 aromatic rings. The average Bonchev–Trinajstić information content (AvgIpc) is 3.27. The van der Waals surface area contributed by atoms with E-state index in [0.717, 1.165) is 30.3 Å². The summed E-state index contributed by atoms with van der Waals surface area (Å²) in [5.41, 5.74) is 2.15. The molecule has 4 rings (SSSR count). The van der Waals surface area contributed by atoms with Gasteiger partial charge in [0.2, 0.25) is 0 Å². The maximum atomic E-state index is 12.6. The van der Waals surface area contributed by atoms with Gasteiger partial charge in [-0.3, -0.25) is 4.79 Å². The molecule has 1 N–H and O–H groups in total. The van der Waals surface area contributed by atoms with Crippen molar-refractivity contribution in [1.29, 1.82) is 0 Å². The van der Waals surface area contributed by atoms with Crippen molar-refractivity contribution in [2.45, 2.75) is 32.7 Å². The number of benzene rings is 1. The van der Waals surface area contributed by atoms with Gasteiger partial charge in [0.1, 0.15) is 18.0 Å². The first-order valence-electron chi connectivity index (χ1n) is 9.40. The van der Waals surface area contributed by atoms with Crippen molar-refractivity contribution >= 4 is 11.7 Å². The van der Waals surface area contributed by atoms with Crippen LogP contribution in [0.3, 0.4) is 0 Å². The van der Waals surface area contributed by atoms with Crippen LogP contribution >= 0.6 is 0 Å². The Labute approximate surface area is 162 Å². The van der Waals surface area contributed by atoms with Crippen LogP contribution in [0.5, 0.6) is 0 Å². The number of nitrogens with one attached hydrogen (secondary N) is 1. The second-order valence-electron chi connectivity index (χ2n) is 6.82. The summed E-state index contributed by atoms with van der Waals surface area (Å²) in [6.45, 7) is 4.27. The van der Waals surface area contributed by atoms with Gasteiger partial charge in [0, 0.05) is 30.4 Å². The number of anilines is 1. The molecule has 2 aromatic heterocycles. The summed E-state index contributed by atoms with van der Waals surface area (Å²) in [7, 11) is 0. The summed E-state index contributed by atoms with van der Waals surface area (Å²) in [6.07, 6.45) is 5.13. The number of carbonyl (C=O) groups is 1. The van der Waals surface area contributed by atoms with Gasteiger partial charge >= 0.3 is 0 Å². The van der Waals surface area contributed by atoms with E-state index in [1.54, 1.807) is 18.2 Å². The number of piperidine rings is 1. The Morgan fingerprint density at radius 2 is 2.00 bits per heavy atom. The molecule has 0 aliphatic carbocycles. The fourth-order valence-corrected chi connectivity index (χ4v) is 3.31. The van der Waals surface area contributed by atoms with Gasteiger partial charge in [-0.25, -0.2) is 14.6 Å². The summed E-state index contributed by atoms with van der Waals surface area (Å²) in [4.78, 5) is 24.0. The number of hydrogen-bond donors (Lipinski definition) is 1. The first-order chi connectivity index (χ1) is 13.7. The Morgan fingerprint density at radius 1 is 1.14 bits per heavy atom. The Kier molecular flexibility index (Phi) is 5.22. The van der Waals surface area contributed by atoms with Crippen LogP contribution in [-0.4, -0.2) is 49.2 Å². The molecule has 0 spiro atoms. The monoisotopic (exact) mass is 378 g/mol. The van der Waals surface area contributed by atoms with Crippen LogP contribution in [0.1, 0.15) is 41.1 Å². The third-order valence-corrected chi connectivity index (χ3v) is 4.70. The van der Waals surface area contributed by atoms with E-state index >= 15 is 0 Å². The number of nitrogens with zero attached hydrogens (tertiary/aromatic N) is 7. The Hall–Kier alpha value is -3.36. The molecular weight excluding hydrogens is 356 g/mol. The van der Waals surface area contributed by atoms with E-state index in [9.17, 15) is 4.79 Å². The highest BCUT2D eigenvalue weighted by atomic mass is 16.1. The molecule has 144 valence electrons. The Morgan fingerprint density at radius 3 is 2.79 bits per heavy atom. The predicted molar refractivity (Wildman–Crippen MR) is 103 cm³/mol. The maximum absolute atomic E-state index is 12.6. The fourth-order valence-electron chi connectivity index (χ4n) is 3.31. The lowest BCUT2D eigenvalue weighted by atomic mass is 10.1. The van der Waals surface area contributed by atoms with Crippen molar-refractivity contribution in [3.63, 3.8) is 0 Å². The smallest absolute Gasteiger partial charge is 0.251 e. The Bertz CT molecular complexity index is 950. The number of aromatic nitrogens is 6. The zero-order chi connectivity index (χ0) is 19.3. The number of aryl methyl sites for hydroxylation is 1. The zero-order valence-electron chi connectivity index (χ0n) is 15.7. The molecule has 0 bridgehead atoms. The molecule has 0 atom stereocenters. The van der Waals surface area contributed by atoms with Crippen LogP contribution in [-0.2, 0) is 6.54 Å². The normalized spacial score (nSPS) is 14.1. The van der Waals surface area contributed by atoms with Gasteiger partial charge in [-0.05, 0) is 54.8 Å². The van der Waals surface area contributed by atoms with Crippen molar-refractivity contribution in [3.8, 4) is 5.69 Å². The predicted octanol–water partition coefficient (Wildman–Crippen LogP) is 1.68. The van der Waals surface area contributed by atoms with E-state index in [1.807, 2.05) is 19.1 Å². The summed E-state index contributed by atoms with van der Waals surface area (Å²) < 4.78 is 1.51. The van der Waals surface area contributed by atoms with E-state index in [1.165, 1.54) is 30.3 Å². The zero-order valence-corrected chi connectivity index (χ0v) is 15.7. The third-order valence-electron chi connectivity index (χ3n) is 4.70. The standard InChI is InChI=1S/C19H22N8O/c1-14-10-18(26-8-3-2-4-9-26)23-17(22-14)12-20-19(28)15-6-5-7-16(11-15)27-13-21-24-25-27/h5-7,10-11,13H,2-4,8-9,12H2,1H3,(H,20,28). The van der Waals surface area contributed by atoms with Crippen LogP contribution in [0.15, 0.2) is 36.7 Å². The minimum absolute atomic E-state index is 0.195. The molecule has 3 heterocycles. The average molecular weight is 378 g/mol. The van der Waals surface area contributed by atoms with Gasteiger partial charge in [-0.15, -0.1) is 5.10 Å². The van der Waals surface area contributed by atoms with Crippen LogP contribution < -0.4 is 10.2 Å². The molecule has 0 radical (unpaired) electrons. The molecule has 1 amide bonds. The number of carbonyl (C=O) groups excluding carboxylic acids is 1. The second-order valence-corrected chi connectivity index (χ2v) is 6.82. The molecule has 0 saturated carbocycles. The van der Waals surface area contributed by atoms with E-state index in [4.69, 9.17) is 0 Å².